The number of pyridine rings is 1. The molecular weight excluding hydrogens is 484 g/mol. The minimum atomic E-state index is -3.89. The summed E-state index contributed by atoms with van der Waals surface area (Å²) in [6, 6.07) is 28.2. The molecule has 0 spiro atoms. The molecule has 37 heavy (non-hydrogen) atoms. The van der Waals surface area contributed by atoms with Crippen LogP contribution in [0.5, 0.6) is 5.88 Å². The molecule has 0 amide bonds. The maximum absolute atomic E-state index is 13.0. The third-order valence-electron chi connectivity index (χ3n) is 5.69. The second kappa shape index (κ2) is 10.6. The van der Waals surface area contributed by atoms with E-state index in [0.717, 1.165) is 27.8 Å². The maximum Gasteiger partial charge on any atom is 0.263 e. The summed E-state index contributed by atoms with van der Waals surface area (Å²) in [5, 5.41) is 0. The zero-order chi connectivity index (χ0) is 25.7. The number of aromatic nitrogens is 3. The molecule has 0 saturated carbocycles. The summed E-state index contributed by atoms with van der Waals surface area (Å²) in [7, 11) is -3.89. The molecule has 0 atom stereocenters. The van der Waals surface area contributed by atoms with E-state index in [1.165, 1.54) is 6.20 Å². The third kappa shape index (κ3) is 5.82. The van der Waals surface area contributed by atoms with E-state index in [4.69, 9.17) is 4.74 Å². The Bertz CT molecular complexity index is 1590. The van der Waals surface area contributed by atoms with Crippen LogP contribution in [-0.2, 0) is 16.6 Å². The van der Waals surface area contributed by atoms with Crippen molar-refractivity contribution in [2.45, 2.75) is 18.4 Å². The molecule has 0 unspecified atom stereocenters. The number of nitrogens with zero attached hydrogens (tertiary/aromatic N) is 3. The van der Waals surface area contributed by atoms with Gasteiger partial charge >= 0.3 is 0 Å². The molecule has 0 bridgehead atoms. The summed E-state index contributed by atoms with van der Waals surface area (Å²) in [6.45, 7) is 2.04. The van der Waals surface area contributed by atoms with Gasteiger partial charge in [0, 0.05) is 23.5 Å². The molecule has 1 N–H and O–H groups in total. The Hall–Kier alpha value is -4.56. The van der Waals surface area contributed by atoms with Gasteiger partial charge in [-0.3, -0.25) is 9.71 Å². The van der Waals surface area contributed by atoms with Crippen molar-refractivity contribution in [2.24, 2.45) is 0 Å². The van der Waals surface area contributed by atoms with E-state index in [0.29, 0.717) is 5.69 Å². The second-order valence-electron chi connectivity index (χ2n) is 8.42. The lowest BCUT2D eigenvalue weighted by Crippen LogP contribution is -2.15. The Kier molecular flexibility index (Phi) is 6.91. The first-order valence-corrected chi connectivity index (χ1v) is 13.1. The number of hydrogen-bond donors (Lipinski definition) is 1. The van der Waals surface area contributed by atoms with Gasteiger partial charge in [0.25, 0.3) is 15.9 Å². The Morgan fingerprint density at radius 1 is 0.784 bits per heavy atom. The van der Waals surface area contributed by atoms with Gasteiger partial charge in [-0.15, -0.1) is 0 Å². The van der Waals surface area contributed by atoms with Crippen LogP contribution in [0.25, 0.3) is 22.4 Å². The standard InChI is InChI=1S/C29H24N4O3S/c1-21-9-15-26(16-10-21)37(34,35)33-28-29(36-20-22-6-5-17-30-18-22)32-27(19-31-28)25-13-11-24(12-14-25)23-7-3-2-4-8-23/h2-19H,20H2,1H3,(H,31,33). The Morgan fingerprint density at radius 2 is 1.49 bits per heavy atom. The van der Waals surface area contributed by atoms with Crippen molar-refractivity contribution in [3.63, 3.8) is 0 Å². The van der Waals surface area contributed by atoms with Gasteiger partial charge in [0.1, 0.15) is 6.61 Å². The first-order chi connectivity index (χ1) is 18.0. The van der Waals surface area contributed by atoms with E-state index >= 15 is 0 Å². The van der Waals surface area contributed by atoms with Crippen LogP contribution in [0.2, 0.25) is 0 Å². The number of hydrogen-bond acceptors (Lipinski definition) is 6. The fourth-order valence-electron chi connectivity index (χ4n) is 3.68. The van der Waals surface area contributed by atoms with E-state index < -0.39 is 10.0 Å². The molecule has 2 aromatic heterocycles. The van der Waals surface area contributed by atoms with Crippen molar-refractivity contribution in [1.29, 1.82) is 0 Å². The number of anilines is 1. The smallest absolute Gasteiger partial charge is 0.263 e. The number of sulfonamides is 1. The quantitative estimate of drug-likeness (QED) is 0.281. The minimum Gasteiger partial charge on any atom is -0.470 e. The highest BCUT2D eigenvalue weighted by Crippen LogP contribution is 2.29. The van der Waals surface area contributed by atoms with E-state index in [2.05, 4.69) is 19.7 Å². The average Bonchev–Trinajstić information content (AvgIpc) is 2.94. The molecule has 2 heterocycles. The van der Waals surface area contributed by atoms with Gasteiger partial charge in [-0.2, -0.15) is 0 Å². The number of rotatable bonds is 8. The van der Waals surface area contributed by atoms with Crippen molar-refractivity contribution in [2.75, 3.05) is 4.72 Å². The predicted octanol–water partition coefficient (Wildman–Crippen LogP) is 5.89. The fraction of sp³-hybridized carbons (Fsp3) is 0.0690. The van der Waals surface area contributed by atoms with Crippen molar-refractivity contribution in [3.8, 4) is 28.3 Å². The average molecular weight is 509 g/mol. The van der Waals surface area contributed by atoms with Crippen LogP contribution in [0, 0.1) is 6.92 Å². The van der Waals surface area contributed by atoms with Crippen molar-refractivity contribution in [3.05, 3.63) is 121 Å². The van der Waals surface area contributed by atoms with Crippen molar-refractivity contribution in [1.82, 2.24) is 15.0 Å². The summed E-state index contributed by atoms with van der Waals surface area (Å²) in [5.74, 6) is 0.0818. The van der Waals surface area contributed by atoms with Crippen LogP contribution in [0.15, 0.2) is 114 Å². The summed E-state index contributed by atoms with van der Waals surface area (Å²) in [5.41, 5.74) is 5.34. The fourth-order valence-corrected chi connectivity index (χ4v) is 4.69. The van der Waals surface area contributed by atoms with Gasteiger partial charge in [0.05, 0.1) is 16.8 Å². The molecule has 0 aliphatic rings. The SMILES string of the molecule is Cc1ccc(S(=O)(=O)Nc2ncc(-c3ccc(-c4ccccc4)cc3)nc2OCc2cccnc2)cc1. The monoisotopic (exact) mass is 508 g/mol. The van der Waals surface area contributed by atoms with Gasteiger partial charge in [-0.25, -0.2) is 18.4 Å². The molecule has 0 saturated heterocycles. The van der Waals surface area contributed by atoms with E-state index in [-0.39, 0.29) is 23.2 Å². The van der Waals surface area contributed by atoms with Gasteiger partial charge in [0.2, 0.25) is 5.82 Å². The third-order valence-corrected chi connectivity index (χ3v) is 7.04. The molecule has 3 aromatic carbocycles. The van der Waals surface area contributed by atoms with Crippen LogP contribution in [0.1, 0.15) is 11.1 Å². The Balaban J connectivity index is 1.46. The molecule has 5 rings (SSSR count). The van der Waals surface area contributed by atoms with Gasteiger partial charge < -0.3 is 4.74 Å². The minimum absolute atomic E-state index is 0.00845. The van der Waals surface area contributed by atoms with E-state index in [9.17, 15) is 8.42 Å². The molecule has 0 fully saturated rings. The molecule has 7 nitrogen and oxygen atoms in total. The zero-order valence-electron chi connectivity index (χ0n) is 20.1. The van der Waals surface area contributed by atoms with E-state index in [1.807, 2.05) is 67.6 Å². The molecule has 5 aromatic rings. The lowest BCUT2D eigenvalue weighted by Gasteiger charge is -2.14. The predicted molar refractivity (Wildman–Crippen MR) is 143 cm³/mol. The first kappa shape index (κ1) is 24.1. The number of nitrogens with one attached hydrogen (secondary N) is 1. The zero-order valence-corrected chi connectivity index (χ0v) is 20.9. The van der Waals surface area contributed by atoms with Gasteiger partial charge in [0.15, 0.2) is 0 Å². The molecule has 0 aliphatic heterocycles. The molecule has 0 radical (unpaired) electrons. The highest BCUT2D eigenvalue weighted by Gasteiger charge is 2.20. The Labute approximate surface area is 215 Å². The van der Waals surface area contributed by atoms with Crippen molar-refractivity contribution < 1.29 is 13.2 Å². The lowest BCUT2D eigenvalue weighted by atomic mass is 10.0. The van der Waals surface area contributed by atoms with Crippen LogP contribution in [0.3, 0.4) is 0 Å². The first-order valence-electron chi connectivity index (χ1n) is 11.6. The highest BCUT2D eigenvalue weighted by atomic mass is 32.2. The summed E-state index contributed by atoms with van der Waals surface area (Å²) in [6.07, 6.45) is 4.88. The van der Waals surface area contributed by atoms with Gasteiger partial charge in [-0.05, 0) is 36.2 Å². The lowest BCUT2D eigenvalue weighted by molar-refractivity contribution is 0.294. The van der Waals surface area contributed by atoms with Crippen molar-refractivity contribution >= 4 is 15.8 Å². The normalized spacial score (nSPS) is 11.2. The largest absolute Gasteiger partial charge is 0.470 e. The summed E-state index contributed by atoms with van der Waals surface area (Å²) >= 11 is 0. The van der Waals surface area contributed by atoms with Crippen LogP contribution in [-0.4, -0.2) is 23.4 Å². The maximum atomic E-state index is 13.0. The summed E-state index contributed by atoms with van der Waals surface area (Å²) in [4.78, 5) is 13.2. The number of ether oxygens (including phenoxy) is 1. The Morgan fingerprint density at radius 3 is 2.19 bits per heavy atom. The molecule has 184 valence electrons. The topological polar surface area (TPSA) is 94.1 Å². The summed E-state index contributed by atoms with van der Waals surface area (Å²) < 4.78 is 34.5. The van der Waals surface area contributed by atoms with Crippen LogP contribution >= 0.6 is 0 Å². The number of aryl methyl sites for hydroxylation is 1. The molecular formula is C29H24N4O3S. The second-order valence-corrected chi connectivity index (χ2v) is 10.1. The van der Waals surface area contributed by atoms with E-state index in [1.54, 1.807) is 42.7 Å². The number of benzene rings is 3. The highest BCUT2D eigenvalue weighted by molar-refractivity contribution is 7.92. The molecule has 0 aliphatic carbocycles. The van der Waals surface area contributed by atoms with Gasteiger partial charge in [-0.1, -0.05) is 78.4 Å². The van der Waals surface area contributed by atoms with Crippen LogP contribution in [0.4, 0.5) is 5.82 Å². The molecule has 8 heteroatoms. The van der Waals surface area contributed by atoms with Crippen LogP contribution < -0.4 is 9.46 Å².